The van der Waals surface area contributed by atoms with Gasteiger partial charge in [-0.3, -0.25) is 4.79 Å². The van der Waals surface area contributed by atoms with Gasteiger partial charge in [-0.2, -0.15) is 0 Å². The summed E-state index contributed by atoms with van der Waals surface area (Å²) in [6, 6.07) is 14.5. The minimum Gasteiger partial charge on any atom is -0.318 e. The zero-order chi connectivity index (χ0) is 24.3. The second kappa shape index (κ2) is 10.5. The third-order valence-corrected chi connectivity index (χ3v) is 7.62. The molecule has 0 spiro atoms. The summed E-state index contributed by atoms with van der Waals surface area (Å²) in [5.74, 6) is -0.979. The van der Waals surface area contributed by atoms with Crippen LogP contribution in [-0.4, -0.2) is 28.1 Å². The van der Waals surface area contributed by atoms with Crippen molar-refractivity contribution in [3.63, 3.8) is 0 Å². The van der Waals surface area contributed by atoms with Crippen molar-refractivity contribution in [3.8, 4) is 11.1 Å². The van der Waals surface area contributed by atoms with Gasteiger partial charge in [0.25, 0.3) is 0 Å². The van der Waals surface area contributed by atoms with Gasteiger partial charge >= 0.3 is 5.97 Å². The van der Waals surface area contributed by atoms with Crippen LogP contribution in [0.3, 0.4) is 0 Å². The van der Waals surface area contributed by atoms with E-state index in [1.807, 2.05) is 37.3 Å². The molecule has 34 heavy (non-hydrogen) atoms. The van der Waals surface area contributed by atoms with Gasteiger partial charge in [0.15, 0.2) is 0 Å². The number of Topliss-reactive ketones (excluding diaryl/α,β-unsaturated/α-hetero) is 1. The van der Waals surface area contributed by atoms with Crippen LogP contribution in [-0.2, 0) is 15.0 Å². The van der Waals surface area contributed by atoms with Gasteiger partial charge < -0.3 is 4.84 Å². The number of allylic oxidation sites excluding steroid dienone is 4. The molecule has 2 aliphatic rings. The summed E-state index contributed by atoms with van der Waals surface area (Å²) in [6.45, 7) is 3.26. The normalized spacial score (nSPS) is 18.2. The van der Waals surface area contributed by atoms with Gasteiger partial charge in [0.1, 0.15) is 5.71 Å². The summed E-state index contributed by atoms with van der Waals surface area (Å²) in [5.41, 5.74) is 6.52. The highest BCUT2D eigenvalue weighted by molar-refractivity contribution is 9.09. The molecular weight excluding hydrogens is 558 g/mol. The van der Waals surface area contributed by atoms with Crippen molar-refractivity contribution in [3.05, 3.63) is 83.0 Å². The Labute approximate surface area is 217 Å². The summed E-state index contributed by atoms with van der Waals surface area (Å²) >= 11 is 7.34. The van der Waals surface area contributed by atoms with Gasteiger partial charge in [0.2, 0.25) is 5.78 Å². The average molecular weight is 585 g/mol. The van der Waals surface area contributed by atoms with E-state index in [1.54, 1.807) is 0 Å². The van der Waals surface area contributed by atoms with Gasteiger partial charge in [-0.15, -0.1) is 0 Å². The molecule has 6 heteroatoms. The van der Waals surface area contributed by atoms with Crippen molar-refractivity contribution in [1.29, 1.82) is 0 Å². The highest BCUT2D eigenvalue weighted by Crippen LogP contribution is 2.53. The number of rotatable bonds is 8. The molecule has 2 aromatic rings. The lowest BCUT2D eigenvalue weighted by Crippen LogP contribution is -2.29. The lowest BCUT2D eigenvalue weighted by Gasteiger charge is -2.31. The molecule has 2 aliphatic carbocycles. The summed E-state index contributed by atoms with van der Waals surface area (Å²) < 4.78 is 0. The summed E-state index contributed by atoms with van der Waals surface area (Å²) in [6.07, 6.45) is 8.43. The number of halogens is 2. The van der Waals surface area contributed by atoms with Gasteiger partial charge in [0.05, 0.1) is 0 Å². The Morgan fingerprint density at radius 1 is 1.06 bits per heavy atom. The standard InChI is InChI=1S/C28H27Br2NO3/c1-18-7-3-4-8-21(18)26(31-34-19(2)32)27(33)20-11-12-23-22-9-5-6-10-24(22)28(13-15-29,14-16-30)25(23)17-20/h3-7,9-12,17,21H,8,13-16H2,1-2H3/b31-26+. The van der Waals surface area contributed by atoms with E-state index in [0.29, 0.717) is 12.0 Å². The lowest BCUT2D eigenvalue weighted by molar-refractivity contribution is -0.140. The molecule has 0 fully saturated rings. The SMILES string of the molecule is CC(=O)O/N=C(/C(=O)c1ccc2c(c1)C(CCBr)(CCBr)c1ccccc1-2)C1CC=CC=C1C. The zero-order valence-corrected chi connectivity index (χ0v) is 22.5. The second-order valence-electron chi connectivity index (χ2n) is 8.78. The van der Waals surface area contributed by atoms with Gasteiger partial charge in [0, 0.05) is 34.5 Å². The number of oxime groups is 1. The van der Waals surface area contributed by atoms with E-state index in [-0.39, 0.29) is 22.8 Å². The van der Waals surface area contributed by atoms with E-state index in [0.717, 1.165) is 29.1 Å². The number of carbonyl (C=O) groups excluding carboxylic acids is 2. The number of fused-ring (bicyclic) bond motifs is 3. The molecule has 1 atom stereocenters. The van der Waals surface area contributed by atoms with Crippen molar-refractivity contribution in [2.24, 2.45) is 11.1 Å². The van der Waals surface area contributed by atoms with Crippen molar-refractivity contribution in [2.45, 2.75) is 38.5 Å². The van der Waals surface area contributed by atoms with Crippen LogP contribution in [0, 0.1) is 5.92 Å². The van der Waals surface area contributed by atoms with Gasteiger partial charge in [-0.05, 0) is 54.5 Å². The number of benzene rings is 2. The van der Waals surface area contributed by atoms with Gasteiger partial charge in [-0.25, -0.2) is 4.79 Å². The van der Waals surface area contributed by atoms with Crippen molar-refractivity contribution in [1.82, 2.24) is 0 Å². The van der Waals surface area contributed by atoms with Crippen molar-refractivity contribution >= 4 is 49.3 Å². The van der Waals surface area contributed by atoms with Crippen LogP contribution in [0.4, 0.5) is 0 Å². The largest absolute Gasteiger partial charge is 0.331 e. The molecule has 0 heterocycles. The van der Waals surface area contributed by atoms with Crippen LogP contribution in [0.1, 0.15) is 54.6 Å². The lowest BCUT2D eigenvalue weighted by atomic mass is 9.73. The number of nitrogens with zero attached hydrogens (tertiary/aromatic N) is 1. The molecule has 0 aromatic heterocycles. The Balaban J connectivity index is 1.82. The Morgan fingerprint density at radius 3 is 2.44 bits per heavy atom. The fraction of sp³-hybridized carbons (Fsp3) is 0.321. The number of ketones is 1. The molecule has 4 rings (SSSR count). The molecular formula is C28H27Br2NO3. The van der Waals surface area contributed by atoms with Crippen LogP contribution in [0.2, 0.25) is 0 Å². The van der Waals surface area contributed by atoms with Crippen molar-refractivity contribution < 1.29 is 14.4 Å². The summed E-state index contributed by atoms with van der Waals surface area (Å²) in [5, 5.41) is 5.74. The van der Waals surface area contributed by atoms with Crippen LogP contribution in [0.25, 0.3) is 11.1 Å². The highest BCUT2D eigenvalue weighted by Gasteiger charge is 2.42. The number of hydrogen-bond acceptors (Lipinski definition) is 4. The smallest absolute Gasteiger partial charge is 0.318 e. The fourth-order valence-corrected chi connectivity index (χ4v) is 6.53. The maximum atomic E-state index is 13.8. The predicted octanol–water partition coefficient (Wildman–Crippen LogP) is 7.15. The van der Waals surface area contributed by atoms with Gasteiger partial charge in [-0.1, -0.05) is 97.2 Å². The van der Waals surface area contributed by atoms with E-state index in [2.05, 4.69) is 67.3 Å². The number of alkyl halides is 2. The minimum absolute atomic E-state index is 0.189. The van der Waals surface area contributed by atoms with E-state index in [9.17, 15) is 9.59 Å². The molecule has 1 unspecified atom stereocenters. The third-order valence-electron chi connectivity index (χ3n) is 6.82. The maximum absolute atomic E-state index is 13.8. The molecule has 0 saturated heterocycles. The Hall–Kier alpha value is -2.31. The highest BCUT2D eigenvalue weighted by atomic mass is 79.9. The van der Waals surface area contributed by atoms with Crippen molar-refractivity contribution in [2.75, 3.05) is 10.7 Å². The first-order chi connectivity index (χ1) is 16.4. The molecule has 2 aromatic carbocycles. The zero-order valence-electron chi connectivity index (χ0n) is 19.3. The van der Waals surface area contributed by atoms with Crippen LogP contribution in [0.15, 0.2) is 71.4 Å². The van der Waals surface area contributed by atoms with E-state index < -0.39 is 5.97 Å². The molecule has 0 radical (unpaired) electrons. The third kappa shape index (κ3) is 4.50. The Morgan fingerprint density at radius 2 is 1.76 bits per heavy atom. The Kier molecular flexibility index (Phi) is 7.68. The number of carbonyl (C=O) groups is 2. The fourth-order valence-electron chi connectivity index (χ4n) is 5.17. The number of hydrogen-bond donors (Lipinski definition) is 0. The summed E-state index contributed by atoms with van der Waals surface area (Å²) in [4.78, 5) is 30.3. The minimum atomic E-state index is -0.545. The molecule has 0 aliphatic heterocycles. The van der Waals surface area contributed by atoms with E-state index in [1.165, 1.54) is 29.2 Å². The molecule has 4 nitrogen and oxygen atoms in total. The van der Waals surface area contributed by atoms with E-state index >= 15 is 0 Å². The van der Waals surface area contributed by atoms with Crippen LogP contribution < -0.4 is 0 Å². The Bertz CT molecular complexity index is 1210. The second-order valence-corrected chi connectivity index (χ2v) is 10.4. The molecule has 0 bridgehead atoms. The molecule has 0 N–H and O–H groups in total. The quantitative estimate of drug-likeness (QED) is 0.109. The first-order valence-corrected chi connectivity index (χ1v) is 13.7. The topological polar surface area (TPSA) is 55.7 Å². The summed E-state index contributed by atoms with van der Waals surface area (Å²) in [7, 11) is 0. The first kappa shape index (κ1) is 24.8. The maximum Gasteiger partial charge on any atom is 0.331 e. The molecule has 176 valence electrons. The predicted molar refractivity (Wildman–Crippen MR) is 144 cm³/mol. The average Bonchev–Trinajstić information content (AvgIpc) is 3.10. The first-order valence-electron chi connectivity index (χ1n) is 11.4. The monoisotopic (exact) mass is 583 g/mol. The molecule has 0 amide bonds. The van der Waals surface area contributed by atoms with Crippen LogP contribution >= 0.6 is 31.9 Å². The van der Waals surface area contributed by atoms with Crippen LogP contribution in [0.5, 0.6) is 0 Å². The molecule has 0 saturated carbocycles. The van der Waals surface area contributed by atoms with E-state index in [4.69, 9.17) is 4.84 Å².